The maximum absolute atomic E-state index is 5.46. The van der Waals surface area contributed by atoms with Crippen molar-refractivity contribution in [1.29, 1.82) is 0 Å². The van der Waals surface area contributed by atoms with E-state index in [1.807, 2.05) is 0 Å². The van der Waals surface area contributed by atoms with Gasteiger partial charge in [-0.05, 0) is 51.9 Å². The predicted octanol–water partition coefficient (Wildman–Crippen LogP) is 3.16. The summed E-state index contributed by atoms with van der Waals surface area (Å²) in [7, 11) is 0. The highest BCUT2D eigenvalue weighted by Gasteiger charge is 2.09. The van der Waals surface area contributed by atoms with E-state index < -0.39 is 0 Å². The van der Waals surface area contributed by atoms with Crippen LogP contribution in [0, 0.1) is 0 Å². The van der Waals surface area contributed by atoms with Crippen LogP contribution in [0.2, 0.25) is 0 Å². The average Bonchev–Trinajstić information content (AvgIpc) is 2.80. The van der Waals surface area contributed by atoms with Crippen LogP contribution in [0.1, 0.15) is 64.2 Å². The summed E-state index contributed by atoms with van der Waals surface area (Å²) in [5.41, 5.74) is 5.46. The van der Waals surface area contributed by atoms with E-state index in [2.05, 4.69) is 4.90 Å². The van der Waals surface area contributed by atoms with Crippen LogP contribution in [0.25, 0.3) is 0 Å². The van der Waals surface area contributed by atoms with Crippen molar-refractivity contribution in [1.82, 2.24) is 4.90 Å². The van der Waals surface area contributed by atoms with Gasteiger partial charge in [0, 0.05) is 0 Å². The third-order valence-electron chi connectivity index (χ3n) is 3.63. The molecule has 1 heterocycles. The van der Waals surface area contributed by atoms with Crippen LogP contribution in [0.15, 0.2) is 0 Å². The number of nitrogens with two attached hydrogens (primary N) is 1. The van der Waals surface area contributed by atoms with Crippen LogP contribution < -0.4 is 5.73 Å². The first-order chi connectivity index (χ1) is 7.93. The summed E-state index contributed by atoms with van der Waals surface area (Å²) in [5.74, 6) is 0. The lowest BCUT2D eigenvalue weighted by molar-refractivity contribution is 0.327. The Balaban J connectivity index is 1.71. The molecular formula is C14H30N2. The number of hydrogen-bond acceptors (Lipinski definition) is 2. The van der Waals surface area contributed by atoms with E-state index in [1.54, 1.807) is 0 Å². The first-order valence-electron chi connectivity index (χ1n) is 7.36. The molecule has 1 fully saturated rings. The Morgan fingerprint density at radius 3 is 1.75 bits per heavy atom. The SMILES string of the molecule is NCCCCCCCCCCN1CCCC1. The molecule has 2 N–H and O–H groups in total. The van der Waals surface area contributed by atoms with Gasteiger partial charge in [0.1, 0.15) is 0 Å². The van der Waals surface area contributed by atoms with E-state index in [9.17, 15) is 0 Å². The minimum absolute atomic E-state index is 0.871. The Labute approximate surface area is 102 Å². The zero-order valence-corrected chi connectivity index (χ0v) is 10.9. The maximum atomic E-state index is 5.46. The summed E-state index contributed by atoms with van der Waals surface area (Å²) >= 11 is 0. The summed E-state index contributed by atoms with van der Waals surface area (Å²) in [4.78, 5) is 2.63. The second kappa shape index (κ2) is 10.1. The monoisotopic (exact) mass is 226 g/mol. The summed E-state index contributed by atoms with van der Waals surface area (Å²) in [6, 6.07) is 0. The summed E-state index contributed by atoms with van der Waals surface area (Å²) in [6.07, 6.45) is 14.0. The van der Waals surface area contributed by atoms with Gasteiger partial charge in [0.15, 0.2) is 0 Å². The summed E-state index contributed by atoms with van der Waals surface area (Å²) in [6.45, 7) is 4.95. The molecule has 0 amide bonds. The molecular weight excluding hydrogens is 196 g/mol. The first-order valence-corrected chi connectivity index (χ1v) is 7.36. The third-order valence-corrected chi connectivity index (χ3v) is 3.63. The molecule has 2 nitrogen and oxygen atoms in total. The van der Waals surface area contributed by atoms with Crippen LogP contribution in [0.5, 0.6) is 0 Å². The summed E-state index contributed by atoms with van der Waals surface area (Å²) in [5, 5.41) is 0. The number of hydrogen-bond donors (Lipinski definition) is 1. The molecule has 96 valence electrons. The Morgan fingerprint density at radius 1 is 0.688 bits per heavy atom. The number of rotatable bonds is 10. The molecule has 0 spiro atoms. The Kier molecular flexibility index (Phi) is 8.83. The molecule has 16 heavy (non-hydrogen) atoms. The average molecular weight is 226 g/mol. The van der Waals surface area contributed by atoms with Crippen LogP contribution in [-0.4, -0.2) is 31.1 Å². The largest absolute Gasteiger partial charge is 0.330 e. The normalized spacial score (nSPS) is 17.1. The Morgan fingerprint density at radius 2 is 1.19 bits per heavy atom. The van der Waals surface area contributed by atoms with Gasteiger partial charge in [-0.2, -0.15) is 0 Å². The van der Waals surface area contributed by atoms with Crippen molar-refractivity contribution in [3.05, 3.63) is 0 Å². The van der Waals surface area contributed by atoms with E-state index >= 15 is 0 Å². The molecule has 2 heteroatoms. The molecule has 0 atom stereocenters. The molecule has 0 aromatic heterocycles. The lowest BCUT2D eigenvalue weighted by Gasteiger charge is -2.13. The second-order valence-electron chi connectivity index (χ2n) is 5.17. The van der Waals surface area contributed by atoms with Crippen molar-refractivity contribution < 1.29 is 0 Å². The highest BCUT2D eigenvalue weighted by Crippen LogP contribution is 2.11. The third kappa shape index (κ3) is 7.24. The van der Waals surface area contributed by atoms with Gasteiger partial charge in [-0.25, -0.2) is 0 Å². The molecule has 1 aliphatic heterocycles. The van der Waals surface area contributed by atoms with Crippen molar-refractivity contribution in [2.45, 2.75) is 64.2 Å². The standard InChI is InChI=1S/C14H30N2/c15-11-7-5-3-1-2-4-6-8-12-16-13-9-10-14-16/h1-15H2. The van der Waals surface area contributed by atoms with Gasteiger partial charge < -0.3 is 10.6 Å². The minimum atomic E-state index is 0.871. The van der Waals surface area contributed by atoms with Crippen molar-refractivity contribution in [2.75, 3.05) is 26.2 Å². The highest BCUT2D eigenvalue weighted by atomic mass is 15.1. The van der Waals surface area contributed by atoms with Crippen LogP contribution in [0.4, 0.5) is 0 Å². The molecule has 0 unspecified atom stereocenters. The molecule has 0 saturated carbocycles. The van der Waals surface area contributed by atoms with Crippen LogP contribution in [0.3, 0.4) is 0 Å². The predicted molar refractivity (Wildman–Crippen MR) is 71.7 cm³/mol. The van der Waals surface area contributed by atoms with E-state index in [4.69, 9.17) is 5.73 Å². The molecule has 0 aliphatic carbocycles. The van der Waals surface area contributed by atoms with Gasteiger partial charge in [0.05, 0.1) is 0 Å². The molecule has 1 rings (SSSR count). The number of likely N-dealkylation sites (tertiary alicyclic amines) is 1. The zero-order chi connectivity index (χ0) is 11.5. The fourth-order valence-corrected chi connectivity index (χ4v) is 2.55. The lowest BCUT2D eigenvalue weighted by Crippen LogP contribution is -2.20. The second-order valence-corrected chi connectivity index (χ2v) is 5.17. The Hall–Kier alpha value is -0.0800. The molecule has 1 aliphatic rings. The van der Waals surface area contributed by atoms with Gasteiger partial charge >= 0.3 is 0 Å². The fraction of sp³-hybridized carbons (Fsp3) is 1.00. The van der Waals surface area contributed by atoms with E-state index in [1.165, 1.54) is 83.8 Å². The minimum Gasteiger partial charge on any atom is -0.330 e. The Bertz CT molecular complexity index is 142. The lowest BCUT2D eigenvalue weighted by atomic mass is 10.1. The first kappa shape index (κ1) is 14.0. The van der Waals surface area contributed by atoms with Crippen molar-refractivity contribution in [3.63, 3.8) is 0 Å². The van der Waals surface area contributed by atoms with Gasteiger partial charge in [-0.1, -0.05) is 38.5 Å². The van der Waals surface area contributed by atoms with Gasteiger partial charge in [0.2, 0.25) is 0 Å². The van der Waals surface area contributed by atoms with E-state index in [0.29, 0.717) is 0 Å². The van der Waals surface area contributed by atoms with Gasteiger partial charge in [-0.15, -0.1) is 0 Å². The van der Waals surface area contributed by atoms with Gasteiger partial charge in [0.25, 0.3) is 0 Å². The molecule has 0 aromatic rings. The van der Waals surface area contributed by atoms with E-state index in [-0.39, 0.29) is 0 Å². The quantitative estimate of drug-likeness (QED) is 0.580. The zero-order valence-electron chi connectivity index (χ0n) is 10.9. The summed E-state index contributed by atoms with van der Waals surface area (Å²) < 4.78 is 0. The molecule has 0 aromatic carbocycles. The molecule has 0 bridgehead atoms. The number of unbranched alkanes of at least 4 members (excludes halogenated alkanes) is 7. The smallest absolute Gasteiger partial charge is 0.00183 e. The topological polar surface area (TPSA) is 29.3 Å². The van der Waals surface area contributed by atoms with Crippen molar-refractivity contribution in [3.8, 4) is 0 Å². The van der Waals surface area contributed by atoms with E-state index in [0.717, 1.165) is 6.54 Å². The van der Waals surface area contributed by atoms with Crippen molar-refractivity contribution >= 4 is 0 Å². The van der Waals surface area contributed by atoms with Crippen molar-refractivity contribution in [2.24, 2.45) is 5.73 Å². The van der Waals surface area contributed by atoms with Crippen LogP contribution in [-0.2, 0) is 0 Å². The van der Waals surface area contributed by atoms with Gasteiger partial charge in [-0.3, -0.25) is 0 Å². The molecule has 0 radical (unpaired) electrons. The van der Waals surface area contributed by atoms with Crippen LogP contribution >= 0.6 is 0 Å². The maximum Gasteiger partial charge on any atom is -0.00183 e. The number of nitrogens with zero attached hydrogens (tertiary/aromatic N) is 1. The molecule has 1 saturated heterocycles. The fourth-order valence-electron chi connectivity index (χ4n) is 2.55. The highest BCUT2D eigenvalue weighted by molar-refractivity contribution is 4.65.